The summed E-state index contributed by atoms with van der Waals surface area (Å²) < 4.78 is 46.8. The summed E-state index contributed by atoms with van der Waals surface area (Å²) in [5.41, 5.74) is 0.649. The van der Waals surface area contributed by atoms with Gasteiger partial charge in [0.25, 0.3) is 0 Å². The Morgan fingerprint density at radius 1 is 1.40 bits per heavy atom. The quantitative estimate of drug-likeness (QED) is 0.726. The van der Waals surface area contributed by atoms with Gasteiger partial charge in [0.15, 0.2) is 0 Å². The molecule has 0 aliphatic carbocycles. The molecule has 0 unspecified atom stereocenters. The van der Waals surface area contributed by atoms with Gasteiger partial charge in [0.2, 0.25) is 0 Å². The van der Waals surface area contributed by atoms with Crippen LogP contribution in [0.2, 0.25) is 0 Å². The fraction of sp³-hybridized carbons (Fsp3) is 0.583. The number of hydrogen-bond donors (Lipinski definition) is 0. The minimum absolute atomic E-state index is 0.108. The van der Waals surface area contributed by atoms with Crippen LogP contribution in [0.4, 0.5) is 13.2 Å². The summed E-state index contributed by atoms with van der Waals surface area (Å²) in [5, 5.41) is 1.66. The van der Waals surface area contributed by atoms with Crippen molar-refractivity contribution in [1.29, 1.82) is 0 Å². The molecule has 0 saturated carbocycles. The van der Waals surface area contributed by atoms with Gasteiger partial charge in [0.1, 0.15) is 4.88 Å². The lowest BCUT2D eigenvalue weighted by molar-refractivity contribution is -0.148. The average Bonchev–Trinajstić information content (AvgIpc) is 2.81. The van der Waals surface area contributed by atoms with Crippen LogP contribution in [0.3, 0.4) is 0 Å². The monoisotopic (exact) mass is 311 g/mol. The van der Waals surface area contributed by atoms with E-state index in [0.29, 0.717) is 10.4 Å². The maximum atomic E-state index is 12.5. The summed E-state index contributed by atoms with van der Waals surface area (Å²) in [4.78, 5) is 12.9. The minimum Gasteiger partial charge on any atom is -0.465 e. The molecule has 0 aliphatic rings. The number of methoxy groups -OCH3 is 2. The van der Waals surface area contributed by atoms with E-state index >= 15 is 0 Å². The predicted octanol–water partition coefficient (Wildman–Crippen LogP) is 2.55. The van der Waals surface area contributed by atoms with E-state index in [2.05, 4.69) is 4.74 Å². The molecular formula is C12H16F3NO3S. The van der Waals surface area contributed by atoms with Crippen molar-refractivity contribution in [1.82, 2.24) is 4.90 Å². The van der Waals surface area contributed by atoms with Crippen molar-refractivity contribution < 1.29 is 27.4 Å². The molecule has 0 amide bonds. The first-order chi connectivity index (χ1) is 9.35. The molecule has 1 heterocycles. The second kappa shape index (κ2) is 7.61. The van der Waals surface area contributed by atoms with Crippen LogP contribution in [0.5, 0.6) is 0 Å². The SMILES string of the molecule is COCCN(Cc1csc(C(=O)OC)c1)CC(F)(F)F. The highest BCUT2D eigenvalue weighted by atomic mass is 32.1. The molecule has 20 heavy (non-hydrogen) atoms. The molecule has 0 radical (unpaired) electrons. The van der Waals surface area contributed by atoms with Gasteiger partial charge in [-0.25, -0.2) is 4.79 Å². The molecule has 0 N–H and O–H groups in total. The van der Waals surface area contributed by atoms with Crippen LogP contribution in [0, 0.1) is 0 Å². The third-order valence-electron chi connectivity index (χ3n) is 2.46. The number of nitrogens with zero attached hydrogens (tertiary/aromatic N) is 1. The number of alkyl halides is 3. The van der Waals surface area contributed by atoms with Crippen LogP contribution in [0.25, 0.3) is 0 Å². The Hall–Kier alpha value is -1.12. The van der Waals surface area contributed by atoms with E-state index in [0.717, 1.165) is 11.3 Å². The number of thiophene rings is 1. The zero-order chi connectivity index (χ0) is 15.2. The molecule has 0 bridgehead atoms. The number of ether oxygens (including phenoxy) is 2. The molecule has 0 atom stereocenters. The molecule has 1 aromatic heterocycles. The van der Waals surface area contributed by atoms with E-state index in [9.17, 15) is 18.0 Å². The number of carbonyl (C=O) groups excluding carboxylic acids is 1. The van der Waals surface area contributed by atoms with E-state index in [4.69, 9.17) is 4.74 Å². The summed E-state index contributed by atoms with van der Waals surface area (Å²) in [6.07, 6.45) is -4.27. The maximum Gasteiger partial charge on any atom is 0.401 e. The zero-order valence-corrected chi connectivity index (χ0v) is 12.0. The summed E-state index contributed by atoms with van der Waals surface area (Å²) in [6, 6.07) is 1.55. The summed E-state index contributed by atoms with van der Waals surface area (Å²) in [7, 11) is 2.70. The normalized spacial score (nSPS) is 11.9. The Morgan fingerprint density at radius 3 is 2.65 bits per heavy atom. The van der Waals surface area contributed by atoms with Crippen LogP contribution in [-0.4, -0.2) is 51.0 Å². The third-order valence-corrected chi connectivity index (χ3v) is 3.42. The van der Waals surface area contributed by atoms with Gasteiger partial charge in [-0.05, 0) is 17.0 Å². The van der Waals surface area contributed by atoms with Crippen molar-refractivity contribution in [2.24, 2.45) is 0 Å². The highest BCUT2D eigenvalue weighted by molar-refractivity contribution is 7.12. The van der Waals surface area contributed by atoms with Crippen LogP contribution >= 0.6 is 11.3 Å². The predicted molar refractivity (Wildman–Crippen MR) is 68.9 cm³/mol. The number of esters is 1. The Kier molecular flexibility index (Phi) is 6.44. The van der Waals surface area contributed by atoms with E-state index in [1.807, 2.05) is 0 Å². The standard InChI is InChI=1S/C12H16F3NO3S/c1-18-4-3-16(8-12(13,14)15)6-9-5-10(20-7-9)11(17)19-2/h5,7H,3-4,6,8H2,1-2H3. The van der Waals surface area contributed by atoms with Crippen molar-refractivity contribution in [2.45, 2.75) is 12.7 Å². The van der Waals surface area contributed by atoms with Crippen molar-refractivity contribution >= 4 is 17.3 Å². The van der Waals surface area contributed by atoms with Gasteiger partial charge in [-0.3, -0.25) is 4.90 Å². The fourth-order valence-electron chi connectivity index (χ4n) is 1.61. The smallest absolute Gasteiger partial charge is 0.401 e. The largest absolute Gasteiger partial charge is 0.465 e. The van der Waals surface area contributed by atoms with Crippen molar-refractivity contribution in [2.75, 3.05) is 33.9 Å². The molecule has 0 spiro atoms. The Balaban J connectivity index is 2.68. The van der Waals surface area contributed by atoms with Crippen molar-refractivity contribution in [3.63, 3.8) is 0 Å². The second-order valence-electron chi connectivity index (χ2n) is 4.13. The molecule has 0 aromatic carbocycles. The number of halogens is 3. The molecular weight excluding hydrogens is 295 g/mol. The average molecular weight is 311 g/mol. The van der Waals surface area contributed by atoms with E-state index < -0.39 is 18.7 Å². The summed E-state index contributed by atoms with van der Waals surface area (Å²) in [6.45, 7) is -0.528. The van der Waals surface area contributed by atoms with Gasteiger partial charge in [0, 0.05) is 20.2 Å². The molecule has 1 aromatic rings. The molecule has 8 heteroatoms. The van der Waals surface area contributed by atoms with Crippen LogP contribution in [-0.2, 0) is 16.0 Å². The fourth-order valence-corrected chi connectivity index (χ4v) is 2.43. The van der Waals surface area contributed by atoms with Gasteiger partial charge in [0.05, 0.1) is 20.3 Å². The minimum atomic E-state index is -4.27. The number of rotatable bonds is 7. The van der Waals surface area contributed by atoms with E-state index in [-0.39, 0.29) is 19.7 Å². The van der Waals surface area contributed by atoms with Gasteiger partial charge < -0.3 is 9.47 Å². The van der Waals surface area contributed by atoms with Crippen LogP contribution < -0.4 is 0 Å². The molecule has 0 saturated heterocycles. The first kappa shape index (κ1) is 16.9. The van der Waals surface area contributed by atoms with Gasteiger partial charge in [-0.1, -0.05) is 0 Å². The van der Waals surface area contributed by atoms with E-state index in [1.54, 1.807) is 11.4 Å². The molecule has 4 nitrogen and oxygen atoms in total. The van der Waals surface area contributed by atoms with Gasteiger partial charge >= 0.3 is 12.1 Å². The van der Waals surface area contributed by atoms with Crippen molar-refractivity contribution in [3.05, 3.63) is 21.9 Å². The van der Waals surface area contributed by atoms with E-state index in [1.165, 1.54) is 19.1 Å². The van der Waals surface area contributed by atoms with Gasteiger partial charge in [-0.2, -0.15) is 13.2 Å². The Morgan fingerprint density at radius 2 is 2.10 bits per heavy atom. The first-order valence-corrected chi connectivity index (χ1v) is 6.67. The topological polar surface area (TPSA) is 38.8 Å². The Bertz CT molecular complexity index is 434. The Labute approximate surface area is 119 Å². The zero-order valence-electron chi connectivity index (χ0n) is 11.2. The highest BCUT2D eigenvalue weighted by Gasteiger charge is 2.30. The molecule has 0 fully saturated rings. The van der Waals surface area contributed by atoms with Gasteiger partial charge in [-0.15, -0.1) is 11.3 Å². The first-order valence-electron chi connectivity index (χ1n) is 5.79. The lowest BCUT2D eigenvalue weighted by Gasteiger charge is -2.22. The molecule has 0 aliphatic heterocycles. The maximum absolute atomic E-state index is 12.5. The second-order valence-corrected chi connectivity index (χ2v) is 5.04. The summed E-state index contributed by atoms with van der Waals surface area (Å²) >= 11 is 1.15. The summed E-state index contributed by atoms with van der Waals surface area (Å²) in [5.74, 6) is -0.486. The van der Waals surface area contributed by atoms with Crippen molar-refractivity contribution in [3.8, 4) is 0 Å². The van der Waals surface area contributed by atoms with Crippen LogP contribution in [0.1, 0.15) is 15.2 Å². The lowest BCUT2D eigenvalue weighted by atomic mass is 10.2. The molecule has 114 valence electrons. The van der Waals surface area contributed by atoms with Crippen LogP contribution in [0.15, 0.2) is 11.4 Å². The number of hydrogen-bond acceptors (Lipinski definition) is 5. The lowest BCUT2D eigenvalue weighted by Crippen LogP contribution is -2.35. The molecule has 1 rings (SSSR count). The highest BCUT2D eigenvalue weighted by Crippen LogP contribution is 2.21. The third kappa shape index (κ3) is 5.89. The number of carbonyl (C=O) groups is 1.